The number of nitrogens with one attached hydrogen (secondary N) is 1. The van der Waals surface area contributed by atoms with Crippen LogP contribution in [0.3, 0.4) is 0 Å². The molecule has 1 amide bonds. The van der Waals surface area contributed by atoms with E-state index in [-0.39, 0.29) is 11.4 Å². The van der Waals surface area contributed by atoms with Gasteiger partial charge in [0.15, 0.2) is 15.5 Å². The first-order chi connectivity index (χ1) is 8.85. The van der Waals surface area contributed by atoms with Crippen LogP contribution in [0.15, 0.2) is 17.7 Å². The number of carboxylic acids is 1. The molecular weight excluding hydrogens is 276 g/mol. The Bertz CT molecular complexity index is 647. The summed E-state index contributed by atoms with van der Waals surface area (Å²) in [7, 11) is -3.25. The van der Waals surface area contributed by atoms with Crippen molar-refractivity contribution in [3.63, 3.8) is 0 Å². The standard InChI is InChI=1S/C9H10N4O5S/c14-8(15)4-13-3-7(11-12-13)9(16)10-6-1-2-19(17,18)5-6/h1-3,6H,4-5H2,(H,10,16)(H,14,15). The van der Waals surface area contributed by atoms with Crippen molar-refractivity contribution in [2.75, 3.05) is 5.75 Å². The van der Waals surface area contributed by atoms with Crippen molar-refractivity contribution in [2.45, 2.75) is 12.6 Å². The Morgan fingerprint density at radius 1 is 1.53 bits per heavy atom. The fourth-order valence-corrected chi connectivity index (χ4v) is 2.76. The highest BCUT2D eigenvalue weighted by molar-refractivity contribution is 7.94. The van der Waals surface area contributed by atoms with Gasteiger partial charge in [0.05, 0.1) is 18.0 Å². The Balaban J connectivity index is 1.99. The van der Waals surface area contributed by atoms with Crippen LogP contribution in [0, 0.1) is 0 Å². The molecule has 0 radical (unpaired) electrons. The van der Waals surface area contributed by atoms with Gasteiger partial charge in [0, 0.05) is 5.41 Å². The molecule has 2 rings (SSSR count). The van der Waals surface area contributed by atoms with Gasteiger partial charge < -0.3 is 10.4 Å². The van der Waals surface area contributed by atoms with Crippen molar-refractivity contribution in [3.05, 3.63) is 23.4 Å². The largest absolute Gasteiger partial charge is 0.480 e. The van der Waals surface area contributed by atoms with Crippen LogP contribution >= 0.6 is 0 Å². The van der Waals surface area contributed by atoms with Gasteiger partial charge in [-0.05, 0) is 6.08 Å². The maximum absolute atomic E-state index is 11.7. The van der Waals surface area contributed by atoms with Gasteiger partial charge in [-0.1, -0.05) is 5.21 Å². The minimum Gasteiger partial charge on any atom is -0.480 e. The molecule has 0 aromatic carbocycles. The number of carbonyl (C=O) groups is 2. The molecule has 0 bridgehead atoms. The molecular formula is C9H10N4O5S. The molecule has 1 atom stereocenters. The Kier molecular flexibility index (Phi) is 3.34. The number of carboxylic acid groups (broad SMARTS) is 1. The van der Waals surface area contributed by atoms with Crippen LogP contribution in [0.1, 0.15) is 10.5 Å². The molecule has 0 aliphatic carbocycles. The molecule has 1 aliphatic rings. The predicted molar refractivity (Wildman–Crippen MR) is 61.8 cm³/mol. The number of aliphatic carboxylic acids is 1. The highest BCUT2D eigenvalue weighted by atomic mass is 32.2. The fraction of sp³-hybridized carbons (Fsp3) is 0.333. The highest BCUT2D eigenvalue weighted by Crippen LogP contribution is 2.08. The first-order valence-corrected chi connectivity index (χ1v) is 6.91. The van der Waals surface area contributed by atoms with Gasteiger partial charge in [-0.3, -0.25) is 9.59 Å². The smallest absolute Gasteiger partial charge is 0.325 e. The minimum atomic E-state index is -3.25. The van der Waals surface area contributed by atoms with E-state index >= 15 is 0 Å². The van der Waals surface area contributed by atoms with E-state index < -0.39 is 34.3 Å². The summed E-state index contributed by atoms with van der Waals surface area (Å²) in [6.07, 6.45) is 2.55. The van der Waals surface area contributed by atoms with Gasteiger partial charge in [-0.2, -0.15) is 0 Å². The molecule has 0 spiro atoms. The lowest BCUT2D eigenvalue weighted by atomic mass is 10.3. The molecule has 0 saturated carbocycles. The van der Waals surface area contributed by atoms with Crippen molar-refractivity contribution in [2.24, 2.45) is 0 Å². The number of aromatic nitrogens is 3. The first-order valence-electron chi connectivity index (χ1n) is 5.19. The van der Waals surface area contributed by atoms with Gasteiger partial charge >= 0.3 is 5.97 Å². The van der Waals surface area contributed by atoms with Gasteiger partial charge in [0.2, 0.25) is 0 Å². The molecule has 9 nitrogen and oxygen atoms in total. The van der Waals surface area contributed by atoms with Crippen molar-refractivity contribution in [1.82, 2.24) is 20.3 Å². The maximum Gasteiger partial charge on any atom is 0.325 e. The zero-order chi connectivity index (χ0) is 14.0. The van der Waals surface area contributed by atoms with E-state index in [9.17, 15) is 18.0 Å². The Morgan fingerprint density at radius 3 is 2.84 bits per heavy atom. The number of amides is 1. The number of hydrogen-bond acceptors (Lipinski definition) is 6. The minimum absolute atomic E-state index is 0.0704. The lowest BCUT2D eigenvalue weighted by Gasteiger charge is -2.07. The van der Waals surface area contributed by atoms with Gasteiger partial charge in [0.1, 0.15) is 6.54 Å². The summed E-state index contributed by atoms with van der Waals surface area (Å²) in [5.74, 6) is -1.91. The predicted octanol–water partition coefficient (Wildman–Crippen LogP) is -1.60. The first kappa shape index (κ1) is 13.2. The molecule has 0 fully saturated rings. The zero-order valence-corrected chi connectivity index (χ0v) is 10.4. The number of hydrogen-bond donors (Lipinski definition) is 2. The van der Waals surface area contributed by atoms with Crippen molar-refractivity contribution in [3.8, 4) is 0 Å². The topological polar surface area (TPSA) is 131 Å². The number of nitrogens with zero attached hydrogens (tertiary/aromatic N) is 3. The molecule has 0 saturated heterocycles. The molecule has 2 N–H and O–H groups in total. The summed E-state index contributed by atoms with van der Waals surface area (Å²) in [5.41, 5.74) is -0.0704. The number of sulfone groups is 1. The molecule has 10 heteroatoms. The maximum atomic E-state index is 11.7. The second-order valence-corrected chi connectivity index (χ2v) is 5.86. The fourth-order valence-electron chi connectivity index (χ4n) is 1.53. The highest BCUT2D eigenvalue weighted by Gasteiger charge is 2.24. The molecule has 2 heterocycles. The molecule has 1 aliphatic heterocycles. The van der Waals surface area contributed by atoms with Crippen LogP contribution in [-0.2, 0) is 21.2 Å². The average Bonchev–Trinajstić information content (AvgIpc) is 2.85. The Hall–Kier alpha value is -2.23. The van der Waals surface area contributed by atoms with Crippen LogP contribution < -0.4 is 5.32 Å². The van der Waals surface area contributed by atoms with Crippen molar-refractivity contribution >= 4 is 21.7 Å². The van der Waals surface area contributed by atoms with E-state index in [1.165, 1.54) is 12.3 Å². The van der Waals surface area contributed by atoms with Crippen molar-refractivity contribution < 1.29 is 23.1 Å². The van der Waals surface area contributed by atoms with E-state index in [1.54, 1.807) is 0 Å². The third-order valence-corrected chi connectivity index (χ3v) is 3.71. The lowest BCUT2D eigenvalue weighted by Crippen LogP contribution is -2.35. The summed E-state index contributed by atoms with van der Waals surface area (Å²) in [5, 5.41) is 19.0. The Labute approximate surface area is 107 Å². The van der Waals surface area contributed by atoms with E-state index in [4.69, 9.17) is 5.11 Å². The van der Waals surface area contributed by atoms with E-state index in [2.05, 4.69) is 15.6 Å². The van der Waals surface area contributed by atoms with Gasteiger partial charge in [0.25, 0.3) is 5.91 Å². The summed E-state index contributed by atoms with van der Waals surface area (Å²) in [6, 6.07) is -0.609. The van der Waals surface area contributed by atoms with Gasteiger partial charge in [-0.25, -0.2) is 13.1 Å². The summed E-state index contributed by atoms with van der Waals surface area (Å²) >= 11 is 0. The molecule has 1 unspecified atom stereocenters. The van der Waals surface area contributed by atoms with Crippen LogP contribution in [0.2, 0.25) is 0 Å². The normalized spacial score (nSPS) is 20.3. The van der Waals surface area contributed by atoms with E-state index in [0.717, 1.165) is 10.1 Å². The summed E-state index contributed by atoms with van der Waals surface area (Å²) in [6.45, 7) is -0.405. The SMILES string of the molecule is O=C(O)Cn1cc(C(=O)NC2C=CS(=O)(=O)C2)nn1. The molecule has 1 aromatic heterocycles. The van der Waals surface area contributed by atoms with Crippen LogP contribution in [0.4, 0.5) is 0 Å². The van der Waals surface area contributed by atoms with Crippen molar-refractivity contribution in [1.29, 1.82) is 0 Å². The van der Waals surface area contributed by atoms with E-state index in [1.807, 2.05) is 0 Å². The van der Waals surface area contributed by atoms with Gasteiger partial charge in [-0.15, -0.1) is 5.10 Å². The molecule has 19 heavy (non-hydrogen) atoms. The number of carbonyl (C=O) groups excluding carboxylic acids is 1. The average molecular weight is 286 g/mol. The Morgan fingerprint density at radius 2 is 2.26 bits per heavy atom. The summed E-state index contributed by atoms with van der Waals surface area (Å²) in [4.78, 5) is 22.1. The molecule has 1 aromatic rings. The quantitative estimate of drug-likeness (QED) is 0.681. The summed E-state index contributed by atoms with van der Waals surface area (Å²) < 4.78 is 23.3. The van der Waals surface area contributed by atoms with Crippen LogP contribution in [-0.4, -0.2) is 52.2 Å². The lowest BCUT2D eigenvalue weighted by molar-refractivity contribution is -0.137. The van der Waals surface area contributed by atoms with Crippen LogP contribution in [0.5, 0.6) is 0 Å². The third kappa shape index (κ3) is 3.37. The van der Waals surface area contributed by atoms with Crippen LogP contribution in [0.25, 0.3) is 0 Å². The third-order valence-electron chi connectivity index (χ3n) is 2.32. The zero-order valence-electron chi connectivity index (χ0n) is 9.55. The second-order valence-electron chi connectivity index (χ2n) is 3.93. The molecule has 102 valence electrons. The number of rotatable bonds is 4. The van der Waals surface area contributed by atoms with E-state index in [0.29, 0.717) is 0 Å². The second kappa shape index (κ2) is 4.80. The monoisotopic (exact) mass is 286 g/mol.